The minimum absolute atomic E-state index is 0.176. The molecule has 0 bridgehead atoms. The third-order valence-electron chi connectivity index (χ3n) is 3.25. The van der Waals surface area contributed by atoms with E-state index < -0.39 is 24.0 Å². The van der Waals surface area contributed by atoms with Gasteiger partial charge in [0.25, 0.3) is 5.91 Å². The Morgan fingerprint density at radius 3 is 2.95 bits per heavy atom. The molecule has 0 aromatic heterocycles. The Hall–Kier alpha value is -2.14. The van der Waals surface area contributed by atoms with Gasteiger partial charge in [0, 0.05) is 0 Å². The molecular formula is C15H17NO4. The van der Waals surface area contributed by atoms with Crippen LogP contribution in [0, 0.1) is 0 Å². The van der Waals surface area contributed by atoms with E-state index in [0.717, 1.165) is 17.5 Å². The molecule has 2 rings (SSSR count). The molecule has 0 saturated heterocycles. The van der Waals surface area contributed by atoms with E-state index in [4.69, 9.17) is 9.84 Å². The predicted octanol–water partition coefficient (Wildman–Crippen LogP) is 1.45. The standard InChI is InChI=1S/C15H17NO4/c1-2-5-12(15(18)19)16-14(17)13-11-7-4-3-6-10(11)8-9-20-13/h2-4,6-7,12-13H,1,5,8-9H2,(H,16,17)(H,18,19). The summed E-state index contributed by atoms with van der Waals surface area (Å²) in [5.74, 6) is -1.51. The lowest BCUT2D eigenvalue weighted by molar-refractivity contribution is -0.144. The summed E-state index contributed by atoms with van der Waals surface area (Å²) >= 11 is 0. The fraction of sp³-hybridized carbons (Fsp3) is 0.333. The quantitative estimate of drug-likeness (QED) is 0.797. The topological polar surface area (TPSA) is 75.6 Å². The molecule has 0 saturated carbocycles. The zero-order valence-corrected chi connectivity index (χ0v) is 11.0. The van der Waals surface area contributed by atoms with E-state index in [2.05, 4.69) is 11.9 Å². The lowest BCUT2D eigenvalue weighted by Crippen LogP contribution is -2.44. The molecule has 106 valence electrons. The maximum Gasteiger partial charge on any atom is 0.326 e. The molecule has 1 aromatic carbocycles. The zero-order valence-electron chi connectivity index (χ0n) is 11.0. The zero-order chi connectivity index (χ0) is 14.5. The molecule has 5 heteroatoms. The van der Waals surface area contributed by atoms with Gasteiger partial charge >= 0.3 is 5.97 Å². The van der Waals surface area contributed by atoms with Crippen molar-refractivity contribution in [1.82, 2.24) is 5.32 Å². The van der Waals surface area contributed by atoms with Crippen LogP contribution in [0.1, 0.15) is 23.7 Å². The Morgan fingerprint density at radius 2 is 2.25 bits per heavy atom. The first kappa shape index (κ1) is 14.3. The summed E-state index contributed by atoms with van der Waals surface area (Å²) in [5.41, 5.74) is 1.87. The summed E-state index contributed by atoms with van der Waals surface area (Å²) in [6, 6.07) is 6.57. The fourth-order valence-corrected chi connectivity index (χ4v) is 2.25. The number of carbonyl (C=O) groups excluding carboxylic acids is 1. The number of carbonyl (C=O) groups is 2. The maximum absolute atomic E-state index is 12.2. The second-order valence-electron chi connectivity index (χ2n) is 4.62. The predicted molar refractivity (Wildman–Crippen MR) is 73.2 cm³/mol. The Morgan fingerprint density at radius 1 is 1.50 bits per heavy atom. The highest BCUT2D eigenvalue weighted by molar-refractivity contribution is 5.87. The molecule has 0 spiro atoms. The molecule has 1 amide bonds. The van der Waals surface area contributed by atoms with Crippen molar-refractivity contribution in [3.8, 4) is 0 Å². The van der Waals surface area contributed by atoms with Crippen LogP contribution >= 0.6 is 0 Å². The van der Waals surface area contributed by atoms with Gasteiger partial charge in [0.2, 0.25) is 0 Å². The van der Waals surface area contributed by atoms with E-state index in [-0.39, 0.29) is 6.42 Å². The number of benzene rings is 1. The molecule has 1 aliphatic rings. The summed E-state index contributed by atoms with van der Waals surface area (Å²) in [4.78, 5) is 23.3. The van der Waals surface area contributed by atoms with Crippen molar-refractivity contribution in [2.45, 2.75) is 25.0 Å². The van der Waals surface area contributed by atoms with Gasteiger partial charge < -0.3 is 15.2 Å². The first-order chi connectivity index (χ1) is 9.63. The van der Waals surface area contributed by atoms with E-state index in [9.17, 15) is 9.59 Å². The number of carboxylic acids is 1. The average molecular weight is 275 g/mol. The number of hydrogen-bond donors (Lipinski definition) is 2. The smallest absolute Gasteiger partial charge is 0.326 e. The van der Waals surface area contributed by atoms with Gasteiger partial charge in [-0.05, 0) is 24.0 Å². The van der Waals surface area contributed by atoms with Crippen LogP contribution in [-0.4, -0.2) is 29.6 Å². The SMILES string of the molecule is C=CCC(NC(=O)C1OCCc2ccccc21)C(=O)O. The van der Waals surface area contributed by atoms with Gasteiger partial charge in [-0.15, -0.1) is 6.58 Å². The third-order valence-corrected chi connectivity index (χ3v) is 3.25. The molecule has 5 nitrogen and oxygen atoms in total. The molecule has 1 heterocycles. The normalized spacial score (nSPS) is 18.7. The third kappa shape index (κ3) is 3.05. The van der Waals surface area contributed by atoms with Crippen LogP contribution < -0.4 is 5.32 Å². The highest BCUT2D eigenvalue weighted by Gasteiger charge is 2.29. The number of carboxylic acid groups (broad SMARTS) is 1. The summed E-state index contributed by atoms with van der Waals surface area (Å²) in [6.07, 6.45) is 1.66. The number of hydrogen-bond acceptors (Lipinski definition) is 3. The van der Waals surface area contributed by atoms with E-state index in [1.165, 1.54) is 6.08 Å². The van der Waals surface area contributed by atoms with E-state index in [1.54, 1.807) is 0 Å². The van der Waals surface area contributed by atoms with Crippen molar-refractivity contribution >= 4 is 11.9 Å². The number of fused-ring (bicyclic) bond motifs is 1. The second kappa shape index (κ2) is 6.34. The van der Waals surface area contributed by atoms with E-state index in [1.807, 2.05) is 24.3 Å². The first-order valence-electron chi connectivity index (χ1n) is 6.47. The first-order valence-corrected chi connectivity index (χ1v) is 6.47. The molecule has 1 aromatic rings. The van der Waals surface area contributed by atoms with Crippen molar-refractivity contribution in [2.24, 2.45) is 0 Å². The van der Waals surface area contributed by atoms with Crippen molar-refractivity contribution in [3.63, 3.8) is 0 Å². The van der Waals surface area contributed by atoms with Crippen molar-refractivity contribution in [3.05, 3.63) is 48.0 Å². The van der Waals surface area contributed by atoms with Gasteiger partial charge in [0.15, 0.2) is 6.10 Å². The molecule has 20 heavy (non-hydrogen) atoms. The number of rotatable bonds is 5. The number of amides is 1. The minimum Gasteiger partial charge on any atom is -0.480 e. The highest BCUT2D eigenvalue weighted by Crippen LogP contribution is 2.27. The Balaban J connectivity index is 2.14. The van der Waals surface area contributed by atoms with Crippen LogP contribution in [0.25, 0.3) is 0 Å². The maximum atomic E-state index is 12.2. The number of nitrogens with one attached hydrogen (secondary N) is 1. The van der Waals surface area contributed by atoms with Gasteiger partial charge in [0.1, 0.15) is 6.04 Å². The molecular weight excluding hydrogens is 258 g/mol. The van der Waals surface area contributed by atoms with E-state index >= 15 is 0 Å². The summed E-state index contributed by atoms with van der Waals surface area (Å²) in [5, 5.41) is 11.5. The highest BCUT2D eigenvalue weighted by atomic mass is 16.5. The van der Waals surface area contributed by atoms with Crippen LogP contribution in [0.2, 0.25) is 0 Å². The molecule has 2 N–H and O–H groups in total. The Kier molecular flexibility index (Phi) is 4.53. The van der Waals surface area contributed by atoms with Crippen LogP contribution in [0.5, 0.6) is 0 Å². The minimum atomic E-state index is -1.08. The Bertz CT molecular complexity index is 526. The van der Waals surface area contributed by atoms with Crippen LogP contribution in [0.4, 0.5) is 0 Å². The number of aliphatic carboxylic acids is 1. The molecule has 0 aliphatic carbocycles. The summed E-state index contributed by atoms with van der Waals surface area (Å²) in [7, 11) is 0. The largest absolute Gasteiger partial charge is 0.480 e. The molecule has 1 aliphatic heterocycles. The van der Waals surface area contributed by atoms with Crippen LogP contribution in [0.15, 0.2) is 36.9 Å². The second-order valence-corrected chi connectivity index (χ2v) is 4.62. The van der Waals surface area contributed by atoms with Gasteiger partial charge in [0.05, 0.1) is 6.61 Å². The molecule has 2 unspecified atom stereocenters. The van der Waals surface area contributed by atoms with Crippen molar-refractivity contribution in [1.29, 1.82) is 0 Å². The number of ether oxygens (including phenoxy) is 1. The van der Waals surface area contributed by atoms with Crippen molar-refractivity contribution < 1.29 is 19.4 Å². The van der Waals surface area contributed by atoms with Crippen LogP contribution in [-0.2, 0) is 20.7 Å². The fourth-order valence-electron chi connectivity index (χ4n) is 2.25. The summed E-state index contributed by atoms with van der Waals surface area (Å²) in [6.45, 7) is 3.95. The lowest BCUT2D eigenvalue weighted by Gasteiger charge is -2.26. The average Bonchev–Trinajstić information content (AvgIpc) is 2.46. The molecule has 0 fully saturated rings. The molecule has 0 radical (unpaired) electrons. The van der Waals surface area contributed by atoms with Gasteiger partial charge in [-0.1, -0.05) is 30.3 Å². The van der Waals surface area contributed by atoms with Gasteiger partial charge in [-0.3, -0.25) is 4.79 Å². The Labute approximate surface area is 117 Å². The van der Waals surface area contributed by atoms with E-state index in [0.29, 0.717) is 6.61 Å². The van der Waals surface area contributed by atoms with Gasteiger partial charge in [-0.25, -0.2) is 4.79 Å². The van der Waals surface area contributed by atoms with Gasteiger partial charge in [-0.2, -0.15) is 0 Å². The van der Waals surface area contributed by atoms with Crippen molar-refractivity contribution in [2.75, 3.05) is 6.61 Å². The summed E-state index contributed by atoms with van der Waals surface area (Å²) < 4.78 is 5.49. The lowest BCUT2D eigenvalue weighted by atomic mass is 9.97. The van der Waals surface area contributed by atoms with Crippen LogP contribution in [0.3, 0.4) is 0 Å². The molecule has 2 atom stereocenters. The monoisotopic (exact) mass is 275 g/mol.